The minimum atomic E-state index is -3.60. The lowest BCUT2D eigenvalue weighted by atomic mass is 10.2. The van der Waals surface area contributed by atoms with Gasteiger partial charge in [0.05, 0.1) is 23.8 Å². The Morgan fingerprint density at radius 3 is 2.43 bits per heavy atom. The number of nitrogens with zero attached hydrogens (tertiary/aromatic N) is 1. The van der Waals surface area contributed by atoms with E-state index in [9.17, 15) is 13.2 Å². The molecule has 2 fully saturated rings. The molecular formula is C20H30N2O5S. The molecule has 3 rings (SSSR count). The summed E-state index contributed by atoms with van der Waals surface area (Å²) in [6.07, 6.45) is 8.23. The predicted octanol–water partition coefficient (Wildman–Crippen LogP) is 3.16. The molecule has 0 bridgehead atoms. The predicted molar refractivity (Wildman–Crippen MR) is 107 cm³/mol. The van der Waals surface area contributed by atoms with E-state index in [4.69, 9.17) is 9.47 Å². The van der Waals surface area contributed by atoms with Crippen LogP contribution in [0.2, 0.25) is 0 Å². The van der Waals surface area contributed by atoms with E-state index in [-0.39, 0.29) is 23.5 Å². The number of ether oxygens (including phenoxy) is 2. The van der Waals surface area contributed by atoms with E-state index in [1.807, 2.05) is 0 Å². The lowest BCUT2D eigenvalue weighted by Gasteiger charge is -2.21. The molecule has 0 atom stereocenters. The monoisotopic (exact) mass is 410 g/mol. The molecule has 0 unspecified atom stereocenters. The second kappa shape index (κ2) is 9.71. The summed E-state index contributed by atoms with van der Waals surface area (Å²) in [4.78, 5) is 12.5. The van der Waals surface area contributed by atoms with Crippen molar-refractivity contribution in [2.24, 2.45) is 0 Å². The van der Waals surface area contributed by atoms with Gasteiger partial charge in [0.25, 0.3) is 0 Å². The maximum atomic E-state index is 13.0. The number of nitrogens with one attached hydrogen (secondary N) is 1. The van der Waals surface area contributed by atoms with Gasteiger partial charge in [-0.2, -0.15) is 4.31 Å². The van der Waals surface area contributed by atoms with Crippen LogP contribution in [-0.4, -0.2) is 51.5 Å². The number of anilines is 1. The Balaban J connectivity index is 1.72. The molecule has 1 aromatic rings. The topological polar surface area (TPSA) is 84.9 Å². The Hall–Kier alpha value is -1.64. The number of sulfonamides is 1. The third-order valence-electron chi connectivity index (χ3n) is 5.40. The van der Waals surface area contributed by atoms with Crippen molar-refractivity contribution in [3.05, 3.63) is 18.2 Å². The molecule has 1 saturated carbocycles. The van der Waals surface area contributed by atoms with Crippen LogP contribution in [0.3, 0.4) is 0 Å². The normalized spacial score (nSPS) is 19.3. The number of carbonyl (C=O) groups excluding carboxylic acids is 1. The number of methoxy groups -OCH3 is 1. The van der Waals surface area contributed by atoms with E-state index in [2.05, 4.69) is 5.32 Å². The van der Waals surface area contributed by atoms with Gasteiger partial charge in [-0.3, -0.25) is 4.79 Å². The van der Waals surface area contributed by atoms with Crippen molar-refractivity contribution in [2.75, 3.05) is 32.1 Å². The molecule has 1 aliphatic carbocycles. The summed E-state index contributed by atoms with van der Waals surface area (Å²) in [5.74, 6) is 0.110. The minimum Gasteiger partial charge on any atom is -0.495 e. The van der Waals surface area contributed by atoms with Gasteiger partial charge in [0.15, 0.2) is 0 Å². The first-order valence-corrected chi connectivity index (χ1v) is 11.5. The van der Waals surface area contributed by atoms with Crippen LogP contribution in [0, 0.1) is 0 Å². The molecule has 7 nitrogen and oxygen atoms in total. The maximum Gasteiger partial charge on any atom is 0.250 e. The zero-order valence-corrected chi connectivity index (χ0v) is 17.3. The first-order valence-electron chi connectivity index (χ1n) is 10.1. The highest BCUT2D eigenvalue weighted by Gasteiger charge is 2.26. The van der Waals surface area contributed by atoms with Crippen molar-refractivity contribution in [1.29, 1.82) is 0 Å². The highest BCUT2D eigenvalue weighted by molar-refractivity contribution is 7.89. The molecule has 1 amide bonds. The van der Waals surface area contributed by atoms with Gasteiger partial charge in [-0.05, 0) is 43.9 Å². The van der Waals surface area contributed by atoms with E-state index < -0.39 is 10.0 Å². The van der Waals surface area contributed by atoms with Crippen molar-refractivity contribution in [1.82, 2.24) is 4.31 Å². The summed E-state index contributed by atoms with van der Waals surface area (Å²) in [5.41, 5.74) is 0.346. The molecule has 1 heterocycles. The van der Waals surface area contributed by atoms with Gasteiger partial charge >= 0.3 is 0 Å². The molecular weight excluding hydrogens is 380 g/mol. The van der Waals surface area contributed by atoms with E-state index in [0.29, 0.717) is 24.5 Å². The fraction of sp³-hybridized carbons (Fsp3) is 0.650. The first kappa shape index (κ1) is 21.1. The zero-order valence-electron chi connectivity index (χ0n) is 16.5. The lowest BCUT2D eigenvalue weighted by Crippen LogP contribution is -2.32. The molecule has 0 aromatic heterocycles. The highest BCUT2D eigenvalue weighted by Crippen LogP contribution is 2.30. The van der Waals surface area contributed by atoms with Crippen molar-refractivity contribution < 1.29 is 22.7 Å². The summed E-state index contributed by atoms with van der Waals surface area (Å²) in [6, 6.07) is 4.59. The van der Waals surface area contributed by atoms with Gasteiger partial charge < -0.3 is 14.8 Å². The second-order valence-electron chi connectivity index (χ2n) is 7.45. The van der Waals surface area contributed by atoms with E-state index in [1.54, 1.807) is 6.07 Å². The smallest absolute Gasteiger partial charge is 0.250 e. The molecule has 0 spiro atoms. The summed E-state index contributed by atoms with van der Waals surface area (Å²) in [7, 11) is -2.11. The molecule has 28 heavy (non-hydrogen) atoms. The summed E-state index contributed by atoms with van der Waals surface area (Å²) < 4.78 is 38.5. The Labute approximate surface area is 167 Å². The average Bonchev–Trinajstić information content (AvgIpc) is 3.05. The van der Waals surface area contributed by atoms with Crippen molar-refractivity contribution in [3.63, 3.8) is 0 Å². The van der Waals surface area contributed by atoms with Crippen LogP contribution in [0.25, 0.3) is 0 Å². The Bertz CT molecular complexity index is 767. The van der Waals surface area contributed by atoms with Crippen LogP contribution in [0.1, 0.15) is 51.4 Å². The molecule has 156 valence electrons. The van der Waals surface area contributed by atoms with E-state index >= 15 is 0 Å². The fourth-order valence-electron chi connectivity index (χ4n) is 3.81. The van der Waals surface area contributed by atoms with E-state index in [1.165, 1.54) is 23.5 Å². The van der Waals surface area contributed by atoms with Gasteiger partial charge in [-0.1, -0.05) is 25.7 Å². The third-order valence-corrected chi connectivity index (χ3v) is 7.29. The molecule has 1 aliphatic heterocycles. The fourth-order valence-corrected chi connectivity index (χ4v) is 5.36. The van der Waals surface area contributed by atoms with Crippen LogP contribution < -0.4 is 10.1 Å². The van der Waals surface area contributed by atoms with Gasteiger partial charge in [-0.15, -0.1) is 0 Å². The maximum absolute atomic E-state index is 13.0. The van der Waals surface area contributed by atoms with Crippen molar-refractivity contribution >= 4 is 21.6 Å². The lowest BCUT2D eigenvalue weighted by molar-refractivity contribution is -0.122. The van der Waals surface area contributed by atoms with Crippen LogP contribution in [0.4, 0.5) is 5.69 Å². The number of rotatable bonds is 7. The number of hydrogen-bond acceptors (Lipinski definition) is 5. The Kier molecular flexibility index (Phi) is 7.31. The van der Waals surface area contributed by atoms with Gasteiger partial charge in [0, 0.05) is 13.1 Å². The SMILES string of the molecule is COc1ccc(S(=O)(=O)N2CCCCCC2)cc1NC(=O)COC1CCCC1. The standard InChI is InChI=1S/C20H30N2O5S/c1-26-19-11-10-17(28(24,25)22-12-6-2-3-7-13-22)14-18(19)21-20(23)15-27-16-8-4-5-9-16/h10-11,14,16H,2-9,12-13,15H2,1H3,(H,21,23). The largest absolute Gasteiger partial charge is 0.495 e. The second-order valence-corrected chi connectivity index (χ2v) is 9.38. The molecule has 1 aromatic carbocycles. The van der Waals surface area contributed by atoms with Crippen LogP contribution in [0.5, 0.6) is 5.75 Å². The third kappa shape index (κ3) is 5.24. The first-order chi connectivity index (χ1) is 13.5. The summed E-state index contributed by atoms with van der Waals surface area (Å²) in [5, 5.41) is 2.74. The minimum absolute atomic E-state index is 0.0447. The number of carbonyl (C=O) groups is 1. The number of amides is 1. The Morgan fingerprint density at radius 2 is 1.79 bits per heavy atom. The van der Waals surface area contributed by atoms with Crippen molar-refractivity contribution in [3.8, 4) is 5.75 Å². The van der Waals surface area contributed by atoms with Crippen molar-refractivity contribution in [2.45, 2.75) is 62.4 Å². The van der Waals surface area contributed by atoms with Crippen LogP contribution in [-0.2, 0) is 19.6 Å². The van der Waals surface area contributed by atoms with Crippen LogP contribution in [0.15, 0.2) is 23.1 Å². The van der Waals surface area contributed by atoms with Gasteiger partial charge in [-0.25, -0.2) is 8.42 Å². The van der Waals surface area contributed by atoms with Gasteiger partial charge in [0.1, 0.15) is 12.4 Å². The molecule has 1 N–H and O–H groups in total. The quantitative estimate of drug-likeness (QED) is 0.746. The summed E-state index contributed by atoms with van der Waals surface area (Å²) >= 11 is 0. The van der Waals surface area contributed by atoms with Crippen LogP contribution >= 0.6 is 0 Å². The Morgan fingerprint density at radius 1 is 1.11 bits per heavy atom. The number of hydrogen-bond donors (Lipinski definition) is 1. The average molecular weight is 411 g/mol. The molecule has 1 saturated heterocycles. The molecule has 0 radical (unpaired) electrons. The highest BCUT2D eigenvalue weighted by atomic mass is 32.2. The summed E-state index contributed by atoms with van der Waals surface area (Å²) in [6.45, 7) is 1.02. The number of benzene rings is 1. The van der Waals surface area contributed by atoms with Gasteiger partial charge in [0.2, 0.25) is 15.9 Å². The molecule has 8 heteroatoms. The molecule has 2 aliphatic rings. The van der Waals surface area contributed by atoms with E-state index in [0.717, 1.165) is 51.4 Å². The zero-order chi connectivity index (χ0) is 20.0.